The summed E-state index contributed by atoms with van der Waals surface area (Å²) in [6.07, 6.45) is 15.5. The Balaban J connectivity index is 0.000000145. The quantitative estimate of drug-likeness (QED) is 0.0859. The first-order chi connectivity index (χ1) is 20.8. The van der Waals surface area contributed by atoms with Crippen LogP contribution < -0.4 is 0 Å². The summed E-state index contributed by atoms with van der Waals surface area (Å²) >= 11 is 0. The lowest BCUT2D eigenvalue weighted by atomic mass is 9.83. The molecule has 0 nitrogen and oxygen atoms in total. The van der Waals surface area contributed by atoms with E-state index in [0.717, 1.165) is 0 Å². The summed E-state index contributed by atoms with van der Waals surface area (Å²) in [5.74, 6) is 0. The zero-order valence-electron chi connectivity index (χ0n) is 25.1. The molecule has 0 atom stereocenters. The molecule has 8 aromatic rings. The third-order valence-electron chi connectivity index (χ3n) is 9.55. The van der Waals surface area contributed by atoms with Crippen LogP contribution in [0.3, 0.4) is 0 Å². The number of hydrogen-bond acceptors (Lipinski definition) is 0. The smallest absolute Gasteiger partial charge is 0.00139 e. The fourth-order valence-corrected chi connectivity index (χ4v) is 7.35. The molecule has 0 amide bonds. The molecule has 0 aliphatic rings. The molecule has 0 saturated carbocycles. The van der Waals surface area contributed by atoms with Crippen molar-refractivity contribution in [2.45, 2.75) is 77.6 Å². The van der Waals surface area contributed by atoms with Gasteiger partial charge in [0.05, 0.1) is 0 Å². The molecule has 0 aliphatic carbocycles. The van der Waals surface area contributed by atoms with Crippen LogP contribution in [0.25, 0.3) is 64.6 Å². The maximum Gasteiger partial charge on any atom is -0.00139 e. The molecule has 0 radical (unpaired) electrons. The van der Waals surface area contributed by atoms with Crippen molar-refractivity contribution in [2.75, 3.05) is 0 Å². The number of benzene rings is 8. The summed E-state index contributed by atoms with van der Waals surface area (Å²) in [6, 6.07) is 38.2. The molecule has 0 aliphatic heterocycles. The van der Waals surface area contributed by atoms with Gasteiger partial charge in [-0.25, -0.2) is 0 Å². The fourth-order valence-electron chi connectivity index (χ4n) is 7.35. The van der Waals surface area contributed by atoms with E-state index in [1.54, 1.807) is 0 Å². The lowest BCUT2D eigenvalue weighted by Gasteiger charge is -2.20. The number of aryl methyl sites for hydroxylation is 1. The average Bonchev–Trinajstić information content (AvgIpc) is 3.05. The predicted molar refractivity (Wildman–Crippen MR) is 187 cm³/mol. The molecular formula is C42H42. The third kappa shape index (κ3) is 5.02. The van der Waals surface area contributed by atoms with Crippen molar-refractivity contribution in [1.29, 1.82) is 0 Å². The van der Waals surface area contributed by atoms with Crippen LogP contribution in [-0.2, 0) is 6.42 Å². The molecule has 0 heterocycles. The molecule has 0 fully saturated rings. The summed E-state index contributed by atoms with van der Waals surface area (Å²) in [4.78, 5) is 0. The van der Waals surface area contributed by atoms with E-state index < -0.39 is 0 Å². The predicted octanol–water partition coefficient (Wildman–Crippen LogP) is 13.1. The van der Waals surface area contributed by atoms with Gasteiger partial charge in [-0.15, -0.1) is 0 Å². The summed E-state index contributed by atoms with van der Waals surface area (Å²) in [6.45, 7) is 2.28. The van der Waals surface area contributed by atoms with Gasteiger partial charge in [-0.05, 0) is 83.0 Å². The van der Waals surface area contributed by atoms with E-state index in [2.05, 4.69) is 110 Å². The highest BCUT2D eigenvalue weighted by Crippen LogP contribution is 2.47. The van der Waals surface area contributed by atoms with Gasteiger partial charge in [-0.1, -0.05) is 168 Å². The molecule has 0 aromatic heterocycles. The summed E-state index contributed by atoms with van der Waals surface area (Å²) in [7, 11) is 0. The molecule has 210 valence electrons. The first kappa shape index (κ1) is 27.0. The minimum absolute atomic E-state index is 1.26. The van der Waals surface area contributed by atoms with Crippen LogP contribution in [0.1, 0.15) is 76.7 Å². The van der Waals surface area contributed by atoms with E-state index in [4.69, 9.17) is 0 Å². The molecule has 42 heavy (non-hydrogen) atoms. The number of hydrogen-bond donors (Lipinski definition) is 0. The van der Waals surface area contributed by atoms with E-state index in [1.807, 2.05) is 0 Å². The third-order valence-corrected chi connectivity index (χ3v) is 9.55. The van der Waals surface area contributed by atoms with Crippen LogP contribution >= 0.6 is 0 Å². The second kappa shape index (κ2) is 12.1. The zero-order chi connectivity index (χ0) is 28.3. The van der Waals surface area contributed by atoms with Crippen molar-refractivity contribution in [3.05, 3.63) is 109 Å². The molecule has 0 N–H and O–H groups in total. The van der Waals surface area contributed by atoms with Crippen LogP contribution in [0.4, 0.5) is 0 Å². The van der Waals surface area contributed by atoms with E-state index in [1.165, 1.54) is 141 Å². The van der Waals surface area contributed by atoms with Crippen molar-refractivity contribution in [3.8, 4) is 0 Å². The van der Waals surface area contributed by atoms with Gasteiger partial charge in [0.15, 0.2) is 0 Å². The highest BCUT2D eigenvalue weighted by Gasteiger charge is 2.19. The monoisotopic (exact) mass is 546 g/mol. The van der Waals surface area contributed by atoms with Gasteiger partial charge in [-0.3, -0.25) is 0 Å². The van der Waals surface area contributed by atoms with Crippen LogP contribution in [0.5, 0.6) is 0 Å². The normalized spacial score (nSPS) is 12.0. The van der Waals surface area contributed by atoms with Gasteiger partial charge >= 0.3 is 0 Å². The fraction of sp³-hybridized carbons (Fsp3) is 0.286. The number of rotatable bonds is 11. The van der Waals surface area contributed by atoms with Crippen LogP contribution in [-0.4, -0.2) is 0 Å². The maximum absolute atomic E-state index is 2.28. The summed E-state index contributed by atoms with van der Waals surface area (Å²) < 4.78 is 0. The van der Waals surface area contributed by atoms with Crippen molar-refractivity contribution >= 4 is 64.6 Å². The highest BCUT2D eigenvalue weighted by atomic mass is 14.2. The maximum atomic E-state index is 2.28. The van der Waals surface area contributed by atoms with Crippen LogP contribution in [0.2, 0.25) is 0 Å². The average molecular weight is 547 g/mol. The Morgan fingerprint density at radius 2 is 0.595 bits per heavy atom. The minimum Gasteiger partial charge on any atom is -0.0654 e. The Hall–Kier alpha value is -3.90. The zero-order valence-corrected chi connectivity index (χ0v) is 25.1. The molecule has 0 spiro atoms. The molecule has 0 unspecified atom stereocenters. The van der Waals surface area contributed by atoms with E-state index >= 15 is 0 Å². The van der Waals surface area contributed by atoms with Gasteiger partial charge < -0.3 is 0 Å². The Bertz CT molecular complexity index is 1620. The Kier molecular flexibility index (Phi) is 7.80. The highest BCUT2D eigenvalue weighted by molar-refractivity contribution is 6.44. The minimum atomic E-state index is 1.26. The van der Waals surface area contributed by atoms with E-state index in [-0.39, 0.29) is 0 Å². The lowest BCUT2D eigenvalue weighted by molar-refractivity contribution is 0.556. The van der Waals surface area contributed by atoms with Gasteiger partial charge in [0.25, 0.3) is 0 Å². The van der Waals surface area contributed by atoms with Gasteiger partial charge in [0, 0.05) is 0 Å². The Morgan fingerprint density at radius 1 is 0.310 bits per heavy atom. The molecule has 0 bridgehead atoms. The van der Waals surface area contributed by atoms with Gasteiger partial charge in [0.2, 0.25) is 0 Å². The molecule has 8 aromatic carbocycles. The topological polar surface area (TPSA) is 0 Å². The molecule has 8 rings (SSSR count). The van der Waals surface area contributed by atoms with Crippen molar-refractivity contribution in [1.82, 2.24) is 0 Å². The first-order valence-corrected chi connectivity index (χ1v) is 16.4. The van der Waals surface area contributed by atoms with E-state index in [0.29, 0.717) is 0 Å². The van der Waals surface area contributed by atoms with Crippen LogP contribution in [0, 0.1) is 0 Å². The van der Waals surface area contributed by atoms with E-state index in [9.17, 15) is 0 Å². The Morgan fingerprint density at radius 3 is 0.905 bits per heavy atom. The molecule has 0 heteroatoms. The Labute approximate surface area is 250 Å². The van der Waals surface area contributed by atoms with Crippen molar-refractivity contribution in [3.63, 3.8) is 0 Å². The molecular weight excluding hydrogens is 504 g/mol. The van der Waals surface area contributed by atoms with Crippen molar-refractivity contribution in [2.24, 2.45) is 0 Å². The largest absolute Gasteiger partial charge is 0.0654 e. The first-order valence-electron chi connectivity index (χ1n) is 16.4. The second-order valence-electron chi connectivity index (χ2n) is 12.4. The number of unbranched alkanes of at least 4 members (excludes halogenated alkanes) is 9. The second-order valence-corrected chi connectivity index (χ2v) is 12.4. The SMILES string of the molecule is CCCCCCCCCCCCc1ccccc1.c1cc2ccc3ccc4ccc5ccc6ccc1c1c2c3c4c5c61. The van der Waals surface area contributed by atoms with Gasteiger partial charge in [-0.2, -0.15) is 0 Å². The summed E-state index contributed by atoms with van der Waals surface area (Å²) in [5, 5.41) is 16.7. The lowest BCUT2D eigenvalue weighted by Crippen LogP contribution is -1.91. The van der Waals surface area contributed by atoms with Crippen LogP contribution in [0.15, 0.2) is 103 Å². The standard InChI is InChI=1S/C24H12.C18H30/c1-2-14-5-6-16-9-11-18-12-10-17-8-7-15-4-3-13(1)19-20(14)22(16)24(18)23(17)21(15)19;1-2-3-4-5-6-7-8-9-10-12-15-18-16-13-11-14-17-18/h1-12H;11,13-14,16-17H,2-10,12,15H2,1H3. The van der Waals surface area contributed by atoms with Gasteiger partial charge in [0.1, 0.15) is 0 Å². The summed E-state index contributed by atoms with van der Waals surface area (Å²) in [5.41, 5.74) is 1.50. The molecule has 0 saturated heterocycles. The van der Waals surface area contributed by atoms with Crippen molar-refractivity contribution < 1.29 is 0 Å².